The van der Waals surface area contributed by atoms with Gasteiger partial charge in [0.25, 0.3) is 0 Å². The van der Waals surface area contributed by atoms with Gasteiger partial charge in [-0.3, -0.25) is 4.79 Å². The number of hydrogen-bond acceptors (Lipinski definition) is 3. The van der Waals surface area contributed by atoms with Crippen LogP contribution >= 0.6 is 0 Å². The zero-order valence-corrected chi connectivity index (χ0v) is 11.1. The highest BCUT2D eigenvalue weighted by atomic mass is 16.3. The van der Waals surface area contributed by atoms with Gasteiger partial charge in [0.1, 0.15) is 0 Å². The van der Waals surface area contributed by atoms with Gasteiger partial charge in [-0.1, -0.05) is 38.1 Å². The Labute approximate surface area is 108 Å². The molecule has 3 N–H and O–H groups in total. The Balaban J connectivity index is 2.26. The minimum Gasteiger partial charge on any atom is -0.392 e. The normalized spacial score (nSPS) is 10.7. The fourth-order valence-corrected chi connectivity index (χ4v) is 1.54. The van der Waals surface area contributed by atoms with Crippen LogP contribution in [-0.4, -0.2) is 24.1 Å². The van der Waals surface area contributed by atoms with Crippen molar-refractivity contribution in [2.75, 3.05) is 13.1 Å². The smallest absolute Gasteiger partial charge is 0.233 e. The Kier molecular flexibility index (Phi) is 6.39. The van der Waals surface area contributed by atoms with Gasteiger partial charge in [-0.15, -0.1) is 0 Å². The van der Waals surface area contributed by atoms with Gasteiger partial charge in [0, 0.05) is 13.1 Å². The number of rotatable bonds is 7. The maximum absolute atomic E-state index is 11.4. The summed E-state index contributed by atoms with van der Waals surface area (Å²) in [5.74, 6) is 0.484. The average Bonchev–Trinajstić information content (AvgIpc) is 2.36. The second-order valence-corrected chi connectivity index (χ2v) is 4.78. The molecule has 1 amide bonds. The molecule has 0 radical (unpaired) electrons. The van der Waals surface area contributed by atoms with Crippen molar-refractivity contribution in [3.05, 3.63) is 35.4 Å². The predicted octanol–water partition coefficient (Wildman–Crippen LogP) is 1.04. The van der Waals surface area contributed by atoms with E-state index < -0.39 is 0 Å². The Morgan fingerprint density at radius 3 is 2.72 bits per heavy atom. The Morgan fingerprint density at radius 2 is 2.06 bits per heavy atom. The molecule has 0 saturated carbocycles. The SMILES string of the molecule is CC(C)CNC(=O)CNCc1cccc(CO)c1. The van der Waals surface area contributed by atoms with Gasteiger partial charge in [0.05, 0.1) is 13.2 Å². The van der Waals surface area contributed by atoms with Gasteiger partial charge < -0.3 is 15.7 Å². The van der Waals surface area contributed by atoms with Crippen LogP contribution in [0, 0.1) is 5.92 Å². The summed E-state index contributed by atoms with van der Waals surface area (Å²) < 4.78 is 0. The van der Waals surface area contributed by atoms with E-state index in [4.69, 9.17) is 5.11 Å². The molecule has 0 aromatic heterocycles. The molecule has 18 heavy (non-hydrogen) atoms. The number of carbonyl (C=O) groups excluding carboxylic acids is 1. The number of carbonyl (C=O) groups is 1. The Hall–Kier alpha value is -1.39. The highest BCUT2D eigenvalue weighted by Crippen LogP contribution is 2.04. The van der Waals surface area contributed by atoms with E-state index in [1.165, 1.54) is 0 Å². The number of aliphatic hydroxyl groups is 1. The molecule has 0 atom stereocenters. The molecular weight excluding hydrogens is 228 g/mol. The quantitative estimate of drug-likeness (QED) is 0.677. The van der Waals surface area contributed by atoms with Crippen LogP contribution in [-0.2, 0) is 17.9 Å². The highest BCUT2D eigenvalue weighted by Gasteiger charge is 2.02. The summed E-state index contributed by atoms with van der Waals surface area (Å²) in [4.78, 5) is 11.4. The summed E-state index contributed by atoms with van der Waals surface area (Å²) in [6.45, 7) is 5.82. The maximum atomic E-state index is 11.4. The Bertz CT molecular complexity index is 378. The molecular formula is C14H22N2O2. The van der Waals surface area contributed by atoms with Crippen molar-refractivity contribution in [2.24, 2.45) is 5.92 Å². The first-order valence-electron chi connectivity index (χ1n) is 6.28. The van der Waals surface area contributed by atoms with Crippen molar-refractivity contribution in [3.63, 3.8) is 0 Å². The number of aliphatic hydroxyl groups excluding tert-OH is 1. The molecule has 0 aliphatic carbocycles. The minimum atomic E-state index is 0.0158. The molecule has 0 unspecified atom stereocenters. The first kappa shape index (κ1) is 14.7. The van der Waals surface area contributed by atoms with Crippen LogP contribution in [0.5, 0.6) is 0 Å². The minimum absolute atomic E-state index is 0.0158. The molecule has 0 aliphatic rings. The third-order valence-corrected chi connectivity index (χ3v) is 2.50. The average molecular weight is 250 g/mol. The summed E-state index contributed by atoms with van der Waals surface area (Å²) in [5.41, 5.74) is 1.96. The molecule has 1 rings (SSSR count). The van der Waals surface area contributed by atoms with Crippen molar-refractivity contribution in [1.82, 2.24) is 10.6 Å². The van der Waals surface area contributed by atoms with Crippen LogP contribution in [0.2, 0.25) is 0 Å². The lowest BCUT2D eigenvalue weighted by Crippen LogP contribution is -2.35. The van der Waals surface area contributed by atoms with Crippen molar-refractivity contribution >= 4 is 5.91 Å². The van der Waals surface area contributed by atoms with Crippen LogP contribution in [0.3, 0.4) is 0 Å². The highest BCUT2D eigenvalue weighted by molar-refractivity contribution is 5.77. The molecule has 0 bridgehead atoms. The summed E-state index contributed by atoms with van der Waals surface area (Å²) in [5, 5.41) is 14.9. The van der Waals surface area contributed by atoms with Gasteiger partial charge in [-0.05, 0) is 17.0 Å². The molecule has 0 spiro atoms. The molecule has 0 fully saturated rings. The van der Waals surface area contributed by atoms with Gasteiger partial charge in [-0.2, -0.15) is 0 Å². The lowest BCUT2D eigenvalue weighted by atomic mass is 10.1. The van der Waals surface area contributed by atoms with Crippen LogP contribution in [0.4, 0.5) is 0 Å². The second-order valence-electron chi connectivity index (χ2n) is 4.78. The topological polar surface area (TPSA) is 61.4 Å². The largest absolute Gasteiger partial charge is 0.392 e. The number of benzene rings is 1. The summed E-state index contributed by atoms with van der Waals surface area (Å²) in [6, 6.07) is 7.68. The van der Waals surface area contributed by atoms with Crippen LogP contribution in [0.1, 0.15) is 25.0 Å². The monoisotopic (exact) mass is 250 g/mol. The molecule has 0 heterocycles. The number of amides is 1. The van der Waals surface area contributed by atoms with E-state index >= 15 is 0 Å². The van der Waals surface area contributed by atoms with Crippen LogP contribution in [0.15, 0.2) is 24.3 Å². The van der Waals surface area contributed by atoms with Crippen molar-refractivity contribution in [3.8, 4) is 0 Å². The number of nitrogens with one attached hydrogen (secondary N) is 2. The molecule has 0 aliphatic heterocycles. The van der Waals surface area contributed by atoms with Gasteiger partial charge in [0.2, 0.25) is 5.91 Å². The standard InChI is InChI=1S/C14H22N2O2/c1-11(2)7-16-14(18)9-15-8-12-4-3-5-13(6-12)10-17/h3-6,11,15,17H,7-10H2,1-2H3,(H,16,18). The van der Waals surface area contributed by atoms with E-state index in [-0.39, 0.29) is 12.5 Å². The summed E-state index contributed by atoms with van der Waals surface area (Å²) >= 11 is 0. The zero-order valence-electron chi connectivity index (χ0n) is 11.1. The first-order valence-corrected chi connectivity index (χ1v) is 6.28. The van der Waals surface area contributed by atoms with Gasteiger partial charge in [-0.25, -0.2) is 0 Å². The van der Waals surface area contributed by atoms with E-state index in [2.05, 4.69) is 24.5 Å². The fraction of sp³-hybridized carbons (Fsp3) is 0.500. The zero-order chi connectivity index (χ0) is 13.4. The molecule has 100 valence electrons. The summed E-state index contributed by atoms with van der Waals surface area (Å²) in [6.07, 6.45) is 0. The van der Waals surface area contributed by atoms with Crippen molar-refractivity contribution in [2.45, 2.75) is 27.0 Å². The molecule has 4 heteroatoms. The lowest BCUT2D eigenvalue weighted by Gasteiger charge is -2.09. The molecule has 1 aromatic rings. The van der Waals surface area contributed by atoms with Gasteiger partial charge >= 0.3 is 0 Å². The summed E-state index contributed by atoms with van der Waals surface area (Å²) in [7, 11) is 0. The van der Waals surface area contributed by atoms with Gasteiger partial charge in [0.15, 0.2) is 0 Å². The third kappa shape index (κ3) is 5.80. The number of hydrogen-bond donors (Lipinski definition) is 3. The second kappa shape index (κ2) is 7.84. The van der Waals surface area contributed by atoms with Crippen LogP contribution in [0.25, 0.3) is 0 Å². The first-order chi connectivity index (χ1) is 8.61. The molecule has 0 saturated heterocycles. The van der Waals surface area contributed by atoms with E-state index in [1.54, 1.807) is 0 Å². The van der Waals surface area contributed by atoms with E-state index in [1.807, 2.05) is 24.3 Å². The molecule has 4 nitrogen and oxygen atoms in total. The third-order valence-electron chi connectivity index (χ3n) is 2.50. The molecule has 1 aromatic carbocycles. The lowest BCUT2D eigenvalue weighted by molar-refractivity contribution is -0.120. The van der Waals surface area contributed by atoms with Crippen molar-refractivity contribution in [1.29, 1.82) is 0 Å². The van der Waals surface area contributed by atoms with E-state index in [0.29, 0.717) is 25.6 Å². The predicted molar refractivity (Wildman–Crippen MR) is 71.9 cm³/mol. The van der Waals surface area contributed by atoms with E-state index in [9.17, 15) is 4.79 Å². The van der Waals surface area contributed by atoms with E-state index in [0.717, 1.165) is 11.1 Å². The Morgan fingerprint density at radius 1 is 1.33 bits per heavy atom. The fourth-order valence-electron chi connectivity index (χ4n) is 1.54. The van der Waals surface area contributed by atoms with Crippen LogP contribution < -0.4 is 10.6 Å². The maximum Gasteiger partial charge on any atom is 0.233 e. The van der Waals surface area contributed by atoms with Crippen molar-refractivity contribution < 1.29 is 9.90 Å².